The van der Waals surface area contributed by atoms with E-state index in [4.69, 9.17) is 28.2 Å². The maximum Gasteiger partial charge on any atom is 0.244 e. The quantitative estimate of drug-likeness (QED) is 0.433. The minimum atomic E-state index is -0.283. The summed E-state index contributed by atoms with van der Waals surface area (Å²) in [6.07, 6.45) is 8.51. The van der Waals surface area contributed by atoms with Crippen LogP contribution in [0.3, 0.4) is 0 Å². The number of aromatic amines is 1. The number of hydrogen-bond acceptors (Lipinski definition) is 6. The van der Waals surface area contributed by atoms with E-state index in [1.165, 1.54) is 0 Å². The normalized spacial score (nSPS) is 20.2. The molecular weight excluding hydrogens is 533 g/mol. The number of rotatable bonds is 7. The van der Waals surface area contributed by atoms with Gasteiger partial charge in [-0.25, -0.2) is 9.97 Å². The maximum atomic E-state index is 13.2. The van der Waals surface area contributed by atoms with E-state index in [1.807, 2.05) is 50.6 Å². The molecule has 2 saturated heterocycles. The van der Waals surface area contributed by atoms with E-state index in [1.54, 1.807) is 17.3 Å². The number of anilines is 1. The zero-order valence-electron chi connectivity index (χ0n) is 22.9. The predicted octanol–water partition coefficient (Wildman–Crippen LogP) is 4.97. The molecule has 1 N–H and O–H groups in total. The van der Waals surface area contributed by atoms with Gasteiger partial charge in [0.05, 0.1) is 5.02 Å². The number of likely N-dealkylation sites (tertiary alicyclic amines) is 1. The Kier molecular flexibility index (Phi) is 8.76. The van der Waals surface area contributed by atoms with Gasteiger partial charge in [-0.15, -0.1) is 0 Å². The second-order valence-corrected chi connectivity index (χ2v) is 11.5. The fourth-order valence-electron chi connectivity index (χ4n) is 6.00. The van der Waals surface area contributed by atoms with Gasteiger partial charge in [0, 0.05) is 88.1 Å². The highest BCUT2D eigenvalue weighted by atomic mass is 35.5. The van der Waals surface area contributed by atoms with E-state index in [9.17, 15) is 4.79 Å². The smallest absolute Gasteiger partial charge is 0.244 e. The van der Waals surface area contributed by atoms with Crippen LogP contribution in [-0.2, 0) is 4.79 Å². The van der Waals surface area contributed by atoms with E-state index in [2.05, 4.69) is 31.6 Å². The first kappa shape index (κ1) is 27.9. The molecule has 0 aliphatic carbocycles. The van der Waals surface area contributed by atoms with Crippen molar-refractivity contribution < 1.29 is 4.79 Å². The Hall–Kier alpha value is -2.65. The van der Waals surface area contributed by atoms with Gasteiger partial charge >= 0.3 is 0 Å². The molecule has 5 rings (SSSR count). The number of piperidine rings is 1. The SMILES string of the molecule is CC[C@H]1CN(c2ncc(-c3ncc[nH]3)cc2Cl)CCN1C1CCN([C@H](C(=O)N(C)C)c2ccc(Cl)cc2)CC1. The maximum absolute atomic E-state index is 13.2. The number of hydrogen-bond donors (Lipinski definition) is 1. The molecule has 39 heavy (non-hydrogen) atoms. The van der Waals surface area contributed by atoms with Crippen molar-refractivity contribution in [2.45, 2.75) is 44.3 Å². The van der Waals surface area contributed by atoms with Crippen molar-refractivity contribution >= 4 is 34.9 Å². The van der Waals surface area contributed by atoms with Crippen LogP contribution in [0.5, 0.6) is 0 Å². The molecule has 10 heteroatoms. The Labute approximate surface area is 240 Å². The monoisotopic (exact) mass is 569 g/mol. The van der Waals surface area contributed by atoms with Gasteiger partial charge in [0.2, 0.25) is 5.91 Å². The summed E-state index contributed by atoms with van der Waals surface area (Å²) in [5.41, 5.74) is 1.88. The molecule has 2 aromatic heterocycles. The van der Waals surface area contributed by atoms with E-state index in [-0.39, 0.29) is 11.9 Å². The fourth-order valence-corrected chi connectivity index (χ4v) is 6.41. The molecule has 0 bridgehead atoms. The molecule has 8 nitrogen and oxygen atoms in total. The Bertz CT molecular complexity index is 1240. The second-order valence-electron chi connectivity index (χ2n) is 10.7. The third-order valence-corrected chi connectivity index (χ3v) is 8.62. The molecule has 2 atom stereocenters. The average Bonchev–Trinajstić information content (AvgIpc) is 3.49. The summed E-state index contributed by atoms with van der Waals surface area (Å²) in [6.45, 7) is 6.79. The molecule has 2 aliphatic heterocycles. The molecule has 0 saturated carbocycles. The molecule has 0 spiro atoms. The second kappa shape index (κ2) is 12.3. The van der Waals surface area contributed by atoms with Gasteiger partial charge in [0.1, 0.15) is 17.7 Å². The number of likely N-dealkylation sites (N-methyl/N-ethyl adjacent to an activating group) is 1. The first-order valence-corrected chi connectivity index (χ1v) is 14.5. The molecule has 3 aromatic rings. The Morgan fingerprint density at radius 2 is 1.85 bits per heavy atom. The minimum Gasteiger partial charge on any atom is -0.353 e. The lowest BCUT2D eigenvalue weighted by molar-refractivity contribution is -0.135. The number of nitrogens with zero attached hydrogens (tertiary/aromatic N) is 6. The number of amides is 1. The first-order chi connectivity index (χ1) is 18.9. The van der Waals surface area contributed by atoms with Crippen molar-refractivity contribution in [3.05, 3.63) is 64.5 Å². The van der Waals surface area contributed by atoms with Gasteiger partial charge in [-0.05, 0) is 43.0 Å². The highest BCUT2D eigenvalue weighted by Gasteiger charge is 2.37. The number of piperazine rings is 1. The molecular formula is C29H37Cl2N7O. The lowest BCUT2D eigenvalue weighted by Gasteiger charge is -2.48. The van der Waals surface area contributed by atoms with Crippen molar-refractivity contribution in [1.29, 1.82) is 0 Å². The summed E-state index contributed by atoms with van der Waals surface area (Å²) in [4.78, 5) is 34.4. The van der Waals surface area contributed by atoms with Crippen molar-refractivity contribution in [3.8, 4) is 11.4 Å². The Balaban J connectivity index is 1.24. The molecule has 0 unspecified atom stereocenters. The number of benzene rings is 1. The van der Waals surface area contributed by atoms with Gasteiger partial charge in [0.25, 0.3) is 0 Å². The van der Waals surface area contributed by atoms with E-state index in [0.29, 0.717) is 22.1 Å². The molecule has 1 amide bonds. The number of halogens is 2. The van der Waals surface area contributed by atoms with Crippen LogP contribution in [0.15, 0.2) is 48.9 Å². The molecule has 2 aliphatic rings. The molecule has 208 valence electrons. The molecule has 0 radical (unpaired) electrons. The van der Waals surface area contributed by atoms with Crippen molar-refractivity contribution in [1.82, 2.24) is 29.7 Å². The van der Waals surface area contributed by atoms with Crippen LogP contribution in [0.25, 0.3) is 11.4 Å². The number of nitrogens with one attached hydrogen (secondary N) is 1. The van der Waals surface area contributed by atoms with Crippen LogP contribution in [0.2, 0.25) is 10.0 Å². The highest BCUT2D eigenvalue weighted by Crippen LogP contribution is 2.33. The van der Waals surface area contributed by atoms with Gasteiger partial charge in [0.15, 0.2) is 0 Å². The number of pyridine rings is 1. The van der Waals surface area contributed by atoms with E-state index in [0.717, 1.165) is 74.8 Å². The number of H-pyrrole nitrogens is 1. The zero-order chi connectivity index (χ0) is 27.5. The van der Waals surface area contributed by atoms with Crippen LogP contribution in [0.4, 0.5) is 5.82 Å². The molecule has 4 heterocycles. The van der Waals surface area contributed by atoms with Crippen LogP contribution in [0, 0.1) is 0 Å². The first-order valence-electron chi connectivity index (χ1n) is 13.7. The number of carbonyl (C=O) groups is 1. The summed E-state index contributed by atoms with van der Waals surface area (Å²) in [6, 6.07) is 10.3. The van der Waals surface area contributed by atoms with Gasteiger partial charge < -0.3 is 14.8 Å². The van der Waals surface area contributed by atoms with Crippen molar-refractivity contribution in [2.75, 3.05) is 51.7 Å². The van der Waals surface area contributed by atoms with Crippen molar-refractivity contribution in [3.63, 3.8) is 0 Å². The van der Waals surface area contributed by atoms with Crippen LogP contribution < -0.4 is 4.90 Å². The summed E-state index contributed by atoms with van der Waals surface area (Å²) in [7, 11) is 3.66. The van der Waals surface area contributed by atoms with Gasteiger partial charge in [-0.1, -0.05) is 42.3 Å². The third-order valence-electron chi connectivity index (χ3n) is 8.09. The zero-order valence-corrected chi connectivity index (χ0v) is 24.4. The Morgan fingerprint density at radius 3 is 2.46 bits per heavy atom. The topological polar surface area (TPSA) is 71.6 Å². The standard InChI is InChI=1S/C29H37Cl2N7O/c1-4-23-19-37(28-25(31)17-21(18-34-28)27-32-11-12-33-27)15-16-38(23)24-9-13-36(14-10-24)26(29(39)35(2)3)20-5-7-22(30)8-6-20/h5-8,11-12,17-18,23-24,26H,4,9-10,13-16,19H2,1-3H3,(H,32,33)/t23-,26-/m0/s1. The third kappa shape index (κ3) is 6.09. The summed E-state index contributed by atoms with van der Waals surface area (Å²) < 4.78 is 0. The summed E-state index contributed by atoms with van der Waals surface area (Å²) in [5.74, 6) is 1.72. The van der Waals surface area contributed by atoms with E-state index < -0.39 is 0 Å². The summed E-state index contributed by atoms with van der Waals surface area (Å²) >= 11 is 12.8. The lowest BCUT2D eigenvalue weighted by atomic mass is 9.95. The highest BCUT2D eigenvalue weighted by molar-refractivity contribution is 6.33. The van der Waals surface area contributed by atoms with Crippen molar-refractivity contribution in [2.24, 2.45) is 0 Å². The van der Waals surface area contributed by atoms with Gasteiger partial charge in [-0.3, -0.25) is 14.6 Å². The number of imidazole rings is 1. The van der Waals surface area contributed by atoms with E-state index >= 15 is 0 Å². The minimum absolute atomic E-state index is 0.110. The predicted molar refractivity (Wildman–Crippen MR) is 157 cm³/mol. The van der Waals surface area contributed by atoms with Gasteiger partial charge in [-0.2, -0.15) is 0 Å². The number of aromatic nitrogens is 3. The molecule has 1 aromatic carbocycles. The van der Waals surface area contributed by atoms with Crippen LogP contribution in [-0.4, -0.2) is 94.5 Å². The number of carbonyl (C=O) groups excluding carboxylic acids is 1. The Morgan fingerprint density at radius 1 is 1.10 bits per heavy atom. The van der Waals surface area contributed by atoms with Crippen LogP contribution >= 0.6 is 23.2 Å². The molecule has 2 fully saturated rings. The van der Waals surface area contributed by atoms with Crippen LogP contribution in [0.1, 0.15) is 37.8 Å². The average molecular weight is 571 g/mol. The lowest BCUT2D eigenvalue weighted by Crippen LogP contribution is -2.59. The summed E-state index contributed by atoms with van der Waals surface area (Å²) in [5, 5.41) is 1.34. The fraction of sp³-hybridized carbons (Fsp3) is 0.483. The largest absolute Gasteiger partial charge is 0.353 e.